The van der Waals surface area contributed by atoms with E-state index in [9.17, 15) is 9.90 Å². The fourth-order valence-electron chi connectivity index (χ4n) is 4.93. The van der Waals surface area contributed by atoms with Crippen LogP contribution < -0.4 is 10.5 Å². The summed E-state index contributed by atoms with van der Waals surface area (Å²) in [6.45, 7) is 15.2. The molecule has 0 spiro atoms. The highest BCUT2D eigenvalue weighted by molar-refractivity contribution is 5.66. The second-order valence-corrected chi connectivity index (χ2v) is 11.3. The first kappa shape index (κ1) is 29.9. The van der Waals surface area contributed by atoms with Crippen molar-refractivity contribution in [3.63, 3.8) is 0 Å². The van der Waals surface area contributed by atoms with Crippen LogP contribution in [-0.2, 0) is 16.6 Å². The molecule has 0 bridgehead atoms. The number of carbonyl (C=O) groups is 1. The molecule has 36 heavy (non-hydrogen) atoms. The lowest BCUT2D eigenvalue weighted by molar-refractivity contribution is -0.137. The highest BCUT2D eigenvalue weighted by atomic mass is 16.5. The van der Waals surface area contributed by atoms with Crippen LogP contribution in [0.4, 0.5) is 0 Å². The summed E-state index contributed by atoms with van der Waals surface area (Å²) in [5, 5.41) is 19.3. The van der Waals surface area contributed by atoms with Gasteiger partial charge in [0, 0.05) is 17.9 Å². The molecule has 0 aromatic heterocycles. The van der Waals surface area contributed by atoms with Crippen molar-refractivity contribution >= 4 is 5.97 Å². The van der Waals surface area contributed by atoms with Crippen molar-refractivity contribution in [1.82, 2.24) is 0 Å². The van der Waals surface area contributed by atoms with E-state index in [4.69, 9.17) is 15.6 Å². The molecule has 4 N–H and O–H groups in total. The highest BCUT2D eigenvalue weighted by Crippen LogP contribution is 2.41. The van der Waals surface area contributed by atoms with E-state index in [0.717, 1.165) is 37.0 Å². The Hall–Kier alpha value is -2.37. The Kier molecular flexibility index (Phi) is 10.6. The molecular weight excluding hydrogens is 450 g/mol. The van der Waals surface area contributed by atoms with E-state index in [-0.39, 0.29) is 29.4 Å². The van der Waals surface area contributed by atoms with Gasteiger partial charge in [-0.1, -0.05) is 65.0 Å². The number of ether oxygens (including phenoxy) is 1. The van der Waals surface area contributed by atoms with Crippen LogP contribution in [0, 0.1) is 19.3 Å². The van der Waals surface area contributed by atoms with Crippen LogP contribution >= 0.6 is 0 Å². The maximum absolute atomic E-state index is 10.8. The van der Waals surface area contributed by atoms with Crippen LogP contribution in [0.15, 0.2) is 36.4 Å². The summed E-state index contributed by atoms with van der Waals surface area (Å²) >= 11 is 0. The largest absolute Gasteiger partial charge is 0.492 e. The fourth-order valence-corrected chi connectivity index (χ4v) is 4.93. The first-order valence-electron chi connectivity index (χ1n) is 13.3. The molecule has 0 radical (unpaired) electrons. The van der Waals surface area contributed by atoms with Crippen LogP contribution in [0.25, 0.3) is 0 Å². The molecule has 2 aromatic rings. The van der Waals surface area contributed by atoms with Gasteiger partial charge in [-0.15, -0.1) is 0 Å². The Morgan fingerprint density at radius 3 is 2.06 bits per heavy atom. The number of carboxylic acid groups (broad SMARTS) is 1. The number of rotatable bonds is 13. The minimum absolute atomic E-state index is 0.0490. The molecule has 1 unspecified atom stereocenters. The first-order valence-corrected chi connectivity index (χ1v) is 13.3. The minimum atomic E-state index is -0.841. The Morgan fingerprint density at radius 2 is 1.56 bits per heavy atom. The molecule has 0 saturated carbocycles. The number of aryl methyl sites for hydroxylation is 3. The van der Waals surface area contributed by atoms with Crippen molar-refractivity contribution in [3.8, 4) is 5.75 Å². The van der Waals surface area contributed by atoms with Crippen molar-refractivity contribution in [2.45, 2.75) is 105 Å². The molecule has 5 nitrogen and oxygen atoms in total. The van der Waals surface area contributed by atoms with Gasteiger partial charge in [0.2, 0.25) is 0 Å². The molecular formula is C31H47NO4. The molecule has 0 saturated heterocycles. The summed E-state index contributed by atoms with van der Waals surface area (Å²) in [6, 6.07) is 12.9. The van der Waals surface area contributed by atoms with Gasteiger partial charge in [0.25, 0.3) is 0 Å². The smallest absolute Gasteiger partial charge is 0.303 e. The summed E-state index contributed by atoms with van der Waals surface area (Å²) in [7, 11) is 0. The van der Waals surface area contributed by atoms with E-state index in [1.807, 2.05) is 13.0 Å². The standard InChI is InChI=1S/C31H47NO4/c1-8-31(9-2,24-12-10-23(21(3)18-24)11-16-28(33)30(5,6)7)25-13-15-27(22(4)19-25)36-20-26(32)14-17-29(34)35/h10,12-13,15,18-19,26,28,33H,8-9,11,14,16-17,20,32H2,1-7H3,(H,34,35)/t26-,28?/m0/s1. The van der Waals surface area contributed by atoms with Crippen molar-refractivity contribution in [3.05, 3.63) is 64.2 Å². The summed E-state index contributed by atoms with van der Waals surface area (Å²) in [5.41, 5.74) is 12.0. The Morgan fingerprint density at radius 1 is 0.972 bits per heavy atom. The van der Waals surface area contributed by atoms with Crippen molar-refractivity contribution in [2.24, 2.45) is 11.1 Å². The average Bonchev–Trinajstić information content (AvgIpc) is 2.82. The van der Waals surface area contributed by atoms with Gasteiger partial charge >= 0.3 is 5.97 Å². The number of carboxylic acids is 1. The Labute approximate surface area is 218 Å². The zero-order valence-corrected chi connectivity index (χ0v) is 23.4. The number of hydrogen-bond acceptors (Lipinski definition) is 4. The molecule has 2 atom stereocenters. The first-order chi connectivity index (χ1) is 16.8. The van der Waals surface area contributed by atoms with E-state index in [1.54, 1.807) is 0 Å². The maximum Gasteiger partial charge on any atom is 0.303 e. The molecule has 0 aliphatic carbocycles. The molecule has 0 heterocycles. The molecule has 0 amide bonds. The van der Waals surface area contributed by atoms with Crippen LogP contribution in [0.2, 0.25) is 0 Å². The van der Waals surface area contributed by atoms with Crippen LogP contribution in [0.3, 0.4) is 0 Å². The predicted octanol–water partition coefficient (Wildman–Crippen LogP) is 6.32. The van der Waals surface area contributed by atoms with Crippen molar-refractivity contribution in [2.75, 3.05) is 6.61 Å². The third kappa shape index (κ3) is 7.57. The second-order valence-electron chi connectivity index (χ2n) is 11.3. The van der Waals surface area contributed by atoms with Crippen molar-refractivity contribution in [1.29, 1.82) is 0 Å². The number of benzene rings is 2. The number of aliphatic carboxylic acids is 1. The molecule has 0 fully saturated rings. The van der Waals surface area contributed by atoms with E-state index >= 15 is 0 Å². The SMILES string of the molecule is CCC(CC)(c1ccc(CCC(O)C(C)(C)C)c(C)c1)c1ccc(OC[C@@H](N)CCC(=O)O)c(C)c1. The molecule has 200 valence electrons. The molecule has 2 aromatic carbocycles. The van der Waals surface area contributed by atoms with Gasteiger partial charge < -0.3 is 20.7 Å². The number of aliphatic hydroxyl groups excluding tert-OH is 1. The Bertz CT molecular complexity index is 1000. The summed E-state index contributed by atoms with van der Waals surface area (Å²) in [4.78, 5) is 10.8. The topological polar surface area (TPSA) is 92.8 Å². The zero-order valence-electron chi connectivity index (χ0n) is 23.4. The summed E-state index contributed by atoms with van der Waals surface area (Å²) in [5.74, 6) is -0.0539. The van der Waals surface area contributed by atoms with Crippen LogP contribution in [0.5, 0.6) is 5.75 Å². The van der Waals surface area contributed by atoms with Gasteiger partial charge in [0.1, 0.15) is 12.4 Å². The summed E-state index contributed by atoms with van der Waals surface area (Å²) in [6.07, 6.45) is 3.71. The number of aliphatic hydroxyl groups is 1. The van der Waals surface area contributed by atoms with Gasteiger partial charge in [-0.3, -0.25) is 4.79 Å². The number of nitrogens with two attached hydrogens (primary N) is 1. The summed E-state index contributed by atoms with van der Waals surface area (Å²) < 4.78 is 5.94. The van der Waals surface area contributed by atoms with Gasteiger partial charge in [-0.2, -0.15) is 0 Å². The minimum Gasteiger partial charge on any atom is -0.492 e. The fraction of sp³-hybridized carbons (Fsp3) is 0.581. The maximum atomic E-state index is 10.8. The molecule has 0 aliphatic rings. The van der Waals surface area contributed by atoms with Gasteiger partial charge in [-0.25, -0.2) is 0 Å². The Balaban J connectivity index is 2.23. The zero-order chi connectivity index (χ0) is 27.1. The lowest BCUT2D eigenvalue weighted by Crippen LogP contribution is -2.29. The molecule has 5 heteroatoms. The molecule has 0 aliphatic heterocycles. The second kappa shape index (κ2) is 12.7. The van der Waals surface area contributed by atoms with E-state index < -0.39 is 5.97 Å². The highest BCUT2D eigenvalue weighted by Gasteiger charge is 2.31. The lowest BCUT2D eigenvalue weighted by Gasteiger charge is -2.34. The van der Waals surface area contributed by atoms with Gasteiger partial charge in [-0.05, 0) is 85.3 Å². The number of hydrogen-bond donors (Lipinski definition) is 3. The monoisotopic (exact) mass is 497 g/mol. The van der Waals surface area contributed by atoms with E-state index in [1.165, 1.54) is 22.3 Å². The van der Waals surface area contributed by atoms with E-state index in [2.05, 4.69) is 71.9 Å². The van der Waals surface area contributed by atoms with Crippen LogP contribution in [-0.4, -0.2) is 34.9 Å². The molecule has 2 rings (SSSR count). The predicted molar refractivity (Wildman–Crippen MR) is 148 cm³/mol. The average molecular weight is 498 g/mol. The van der Waals surface area contributed by atoms with Gasteiger partial charge in [0.05, 0.1) is 6.10 Å². The third-order valence-electron chi connectivity index (χ3n) is 7.70. The van der Waals surface area contributed by atoms with Crippen LogP contribution in [0.1, 0.15) is 94.5 Å². The third-order valence-corrected chi connectivity index (χ3v) is 7.70. The normalized spacial score (nSPS) is 13.9. The quantitative estimate of drug-likeness (QED) is 0.301. The van der Waals surface area contributed by atoms with Gasteiger partial charge in [0.15, 0.2) is 0 Å². The van der Waals surface area contributed by atoms with Crippen molar-refractivity contribution < 1.29 is 19.7 Å². The van der Waals surface area contributed by atoms with E-state index in [0.29, 0.717) is 13.0 Å². The lowest BCUT2D eigenvalue weighted by atomic mass is 9.69.